The first kappa shape index (κ1) is 16.7. The van der Waals surface area contributed by atoms with E-state index in [4.69, 9.17) is 5.73 Å². The molecule has 0 heterocycles. The smallest absolute Gasteiger partial charge is 0.221 e. The van der Waals surface area contributed by atoms with Crippen LogP contribution in [0.3, 0.4) is 0 Å². The summed E-state index contributed by atoms with van der Waals surface area (Å²) in [7, 11) is 0. The fourth-order valence-corrected chi connectivity index (χ4v) is 3.17. The van der Waals surface area contributed by atoms with Crippen LogP contribution in [0.1, 0.15) is 12.5 Å². The lowest BCUT2D eigenvalue weighted by molar-refractivity contribution is -0.117. The van der Waals surface area contributed by atoms with Crippen LogP contribution in [0.5, 0.6) is 0 Å². The summed E-state index contributed by atoms with van der Waals surface area (Å²) in [5.74, 6) is -0.613. The monoisotopic (exact) mass is 424 g/mol. The van der Waals surface area contributed by atoms with E-state index in [0.29, 0.717) is 10.2 Å². The number of rotatable bonds is 4. The van der Waals surface area contributed by atoms with Crippen LogP contribution in [0, 0.1) is 0 Å². The molecule has 2 aromatic carbocycles. The lowest BCUT2D eigenvalue weighted by Gasteiger charge is -2.15. The first-order chi connectivity index (χ1) is 10.4. The van der Waals surface area contributed by atoms with Crippen LogP contribution < -0.4 is 11.1 Å². The van der Waals surface area contributed by atoms with E-state index in [1.807, 2.05) is 30.3 Å². The van der Waals surface area contributed by atoms with Gasteiger partial charge in [0.05, 0.1) is 12.1 Å². The van der Waals surface area contributed by atoms with Gasteiger partial charge in [0.25, 0.3) is 0 Å². The Morgan fingerprint density at radius 1 is 1.18 bits per heavy atom. The van der Waals surface area contributed by atoms with Gasteiger partial charge in [-0.05, 0) is 50.8 Å². The normalized spacial score (nSPS) is 10.3. The molecule has 2 amide bonds. The molecule has 0 aromatic heterocycles. The van der Waals surface area contributed by atoms with Crippen molar-refractivity contribution in [2.45, 2.75) is 13.3 Å². The Morgan fingerprint density at radius 2 is 1.91 bits per heavy atom. The van der Waals surface area contributed by atoms with Gasteiger partial charge in [0.15, 0.2) is 0 Å². The van der Waals surface area contributed by atoms with E-state index in [2.05, 4.69) is 37.2 Å². The zero-order chi connectivity index (χ0) is 16.3. The molecule has 3 N–H and O–H groups in total. The molecule has 0 bridgehead atoms. The maximum Gasteiger partial charge on any atom is 0.221 e. The van der Waals surface area contributed by atoms with Crippen LogP contribution in [0.15, 0.2) is 45.3 Å². The molecule has 0 saturated carbocycles. The van der Waals surface area contributed by atoms with Crippen molar-refractivity contribution < 1.29 is 9.59 Å². The summed E-state index contributed by atoms with van der Waals surface area (Å²) in [6.07, 6.45) is 0.0792. The van der Waals surface area contributed by atoms with Crippen molar-refractivity contribution >= 4 is 49.4 Å². The van der Waals surface area contributed by atoms with Gasteiger partial charge in [0.1, 0.15) is 0 Å². The average molecular weight is 426 g/mol. The van der Waals surface area contributed by atoms with Crippen molar-refractivity contribution in [2.75, 3.05) is 5.32 Å². The number of nitrogens with one attached hydrogen (secondary N) is 1. The first-order valence-corrected chi connectivity index (χ1v) is 8.10. The van der Waals surface area contributed by atoms with Crippen molar-refractivity contribution in [1.29, 1.82) is 0 Å². The standard InChI is InChI=1S/C16H14Br2N2O2/c1-9(21)20-14-6-5-12(10-3-2-4-11(17)7-10)13(16(14)18)8-15(19)22/h2-7H,8H2,1H3,(H2,19,22)(H,20,21). The number of hydrogen-bond donors (Lipinski definition) is 2. The van der Waals surface area contributed by atoms with Gasteiger partial charge in [-0.3, -0.25) is 9.59 Å². The number of amides is 2. The predicted molar refractivity (Wildman–Crippen MR) is 94.5 cm³/mol. The molecule has 4 nitrogen and oxygen atoms in total. The third-order valence-corrected chi connectivity index (χ3v) is 4.44. The van der Waals surface area contributed by atoms with Crippen LogP contribution in [-0.4, -0.2) is 11.8 Å². The molecule has 0 aliphatic rings. The molecule has 6 heteroatoms. The topological polar surface area (TPSA) is 72.2 Å². The van der Waals surface area contributed by atoms with Gasteiger partial charge >= 0.3 is 0 Å². The van der Waals surface area contributed by atoms with Crippen LogP contribution >= 0.6 is 31.9 Å². The summed E-state index contributed by atoms with van der Waals surface area (Å²) in [6.45, 7) is 1.43. The van der Waals surface area contributed by atoms with Gasteiger partial charge in [-0.25, -0.2) is 0 Å². The maximum atomic E-state index is 11.4. The van der Waals surface area contributed by atoms with Crippen LogP contribution in [0.4, 0.5) is 5.69 Å². The number of nitrogens with two attached hydrogens (primary N) is 1. The van der Waals surface area contributed by atoms with E-state index < -0.39 is 5.91 Å². The zero-order valence-corrected chi connectivity index (χ0v) is 15.0. The Labute approximate surface area is 145 Å². The first-order valence-electron chi connectivity index (χ1n) is 6.51. The van der Waals surface area contributed by atoms with E-state index >= 15 is 0 Å². The van der Waals surface area contributed by atoms with Gasteiger partial charge in [-0.2, -0.15) is 0 Å². The minimum atomic E-state index is -0.433. The summed E-state index contributed by atoms with van der Waals surface area (Å²) in [6, 6.07) is 11.4. The average Bonchev–Trinajstić information content (AvgIpc) is 2.42. The highest BCUT2D eigenvalue weighted by Crippen LogP contribution is 2.36. The van der Waals surface area contributed by atoms with Crippen LogP contribution in [-0.2, 0) is 16.0 Å². The van der Waals surface area contributed by atoms with Gasteiger partial charge in [-0.15, -0.1) is 0 Å². The van der Waals surface area contributed by atoms with Gasteiger partial charge in [0.2, 0.25) is 11.8 Å². The summed E-state index contributed by atoms with van der Waals surface area (Å²) < 4.78 is 1.61. The molecule has 0 saturated heterocycles. The SMILES string of the molecule is CC(=O)Nc1ccc(-c2cccc(Br)c2)c(CC(N)=O)c1Br. The predicted octanol–water partition coefficient (Wildman–Crippen LogP) is 3.86. The number of halogens is 2. The number of primary amides is 1. The Kier molecular flexibility index (Phi) is 5.37. The van der Waals surface area contributed by atoms with Gasteiger partial charge in [-0.1, -0.05) is 34.1 Å². The van der Waals surface area contributed by atoms with Crippen molar-refractivity contribution in [1.82, 2.24) is 0 Å². The second-order valence-electron chi connectivity index (χ2n) is 4.79. The Morgan fingerprint density at radius 3 is 2.50 bits per heavy atom. The van der Waals surface area contributed by atoms with E-state index in [-0.39, 0.29) is 12.3 Å². The second kappa shape index (κ2) is 7.07. The Bertz CT molecular complexity index is 745. The highest BCUT2D eigenvalue weighted by Gasteiger charge is 2.15. The molecule has 0 unspecified atom stereocenters. The molecular formula is C16H14Br2N2O2. The van der Waals surface area contributed by atoms with Crippen molar-refractivity contribution in [3.05, 3.63) is 50.9 Å². The van der Waals surface area contributed by atoms with Gasteiger partial charge < -0.3 is 11.1 Å². The van der Waals surface area contributed by atoms with E-state index in [1.165, 1.54) is 6.92 Å². The molecular weight excluding hydrogens is 412 g/mol. The summed E-state index contributed by atoms with van der Waals surface area (Å²) >= 11 is 6.91. The third kappa shape index (κ3) is 3.96. The highest BCUT2D eigenvalue weighted by molar-refractivity contribution is 9.11. The molecule has 2 rings (SSSR count). The molecule has 0 atom stereocenters. The molecule has 114 valence electrons. The lowest BCUT2D eigenvalue weighted by Crippen LogP contribution is -2.15. The zero-order valence-electron chi connectivity index (χ0n) is 11.8. The molecule has 0 aliphatic carbocycles. The molecule has 22 heavy (non-hydrogen) atoms. The molecule has 0 radical (unpaired) electrons. The van der Waals surface area contributed by atoms with Crippen molar-refractivity contribution in [2.24, 2.45) is 5.73 Å². The minimum Gasteiger partial charge on any atom is -0.369 e. The summed E-state index contributed by atoms with van der Waals surface area (Å²) in [5, 5.41) is 2.73. The Hall–Kier alpha value is -1.66. The fraction of sp³-hybridized carbons (Fsp3) is 0.125. The molecule has 0 spiro atoms. The van der Waals surface area contributed by atoms with Crippen molar-refractivity contribution in [3.63, 3.8) is 0 Å². The third-order valence-electron chi connectivity index (χ3n) is 3.04. The minimum absolute atomic E-state index is 0.0792. The van der Waals surface area contributed by atoms with E-state index in [1.54, 1.807) is 6.07 Å². The number of carbonyl (C=O) groups is 2. The number of hydrogen-bond acceptors (Lipinski definition) is 2. The largest absolute Gasteiger partial charge is 0.369 e. The lowest BCUT2D eigenvalue weighted by atomic mass is 9.96. The summed E-state index contributed by atoms with van der Waals surface area (Å²) in [4.78, 5) is 22.7. The van der Waals surface area contributed by atoms with Crippen LogP contribution in [0.25, 0.3) is 11.1 Å². The van der Waals surface area contributed by atoms with Gasteiger partial charge in [0, 0.05) is 15.9 Å². The number of carbonyl (C=O) groups excluding carboxylic acids is 2. The fourth-order valence-electron chi connectivity index (χ4n) is 2.18. The molecule has 0 aliphatic heterocycles. The van der Waals surface area contributed by atoms with Crippen molar-refractivity contribution in [3.8, 4) is 11.1 Å². The Balaban J connectivity index is 2.60. The van der Waals surface area contributed by atoms with E-state index in [9.17, 15) is 9.59 Å². The maximum absolute atomic E-state index is 11.4. The summed E-state index contributed by atoms with van der Waals surface area (Å²) in [5.41, 5.74) is 8.57. The molecule has 2 aromatic rings. The molecule has 0 fully saturated rings. The van der Waals surface area contributed by atoms with Crippen LogP contribution in [0.2, 0.25) is 0 Å². The number of anilines is 1. The highest BCUT2D eigenvalue weighted by atomic mass is 79.9. The quantitative estimate of drug-likeness (QED) is 0.780. The second-order valence-corrected chi connectivity index (χ2v) is 6.50. The van der Waals surface area contributed by atoms with E-state index in [0.717, 1.165) is 21.2 Å². The number of benzene rings is 2.